The molecule has 4 nitrogen and oxygen atoms in total. The number of para-hydroxylation sites is 2. The van der Waals surface area contributed by atoms with Crippen LogP contribution in [-0.4, -0.2) is 20.7 Å². The standard InChI is InChI=1S/C19H21F2N3O/c1-11(18(25)13-8-9-14(20)15(21)10-13)22-12(2)19-23-16-6-4-5-7-17(16)24(19)3/h4-12,18,22,25H,1-3H3. The number of fused-ring (bicyclic) bond motifs is 1. The Hall–Kier alpha value is -2.31. The summed E-state index contributed by atoms with van der Waals surface area (Å²) in [6, 6.07) is 10.8. The fourth-order valence-corrected chi connectivity index (χ4v) is 3.10. The summed E-state index contributed by atoms with van der Waals surface area (Å²) < 4.78 is 28.4. The monoisotopic (exact) mass is 345 g/mol. The first-order valence-corrected chi connectivity index (χ1v) is 8.19. The smallest absolute Gasteiger partial charge is 0.159 e. The molecule has 0 saturated heterocycles. The van der Waals surface area contributed by atoms with Gasteiger partial charge >= 0.3 is 0 Å². The molecule has 25 heavy (non-hydrogen) atoms. The minimum absolute atomic E-state index is 0.132. The van der Waals surface area contributed by atoms with Crippen molar-refractivity contribution in [1.29, 1.82) is 0 Å². The van der Waals surface area contributed by atoms with Crippen molar-refractivity contribution in [2.24, 2.45) is 7.05 Å². The molecule has 3 atom stereocenters. The Bertz CT molecular complexity index is 894. The van der Waals surface area contributed by atoms with Gasteiger partial charge in [0.2, 0.25) is 0 Å². The Morgan fingerprint density at radius 1 is 1.08 bits per heavy atom. The van der Waals surface area contributed by atoms with Crippen LogP contribution >= 0.6 is 0 Å². The van der Waals surface area contributed by atoms with Crippen LogP contribution in [0.15, 0.2) is 42.5 Å². The van der Waals surface area contributed by atoms with Gasteiger partial charge in [0.1, 0.15) is 5.82 Å². The predicted octanol–water partition coefficient (Wildman–Crippen LogP) is 3.62. The number of aliphatic hydroxyl groups excluding tert-OH is 1. The van der Waals surface area contributed by atoms with Gasteiger partial charge < -0.3 is 15.0 Å². The summed E-state index contributed by atoms with van der Waals surface area (Å²) in [5.41, 5.74) is 2.26. The first-order chi connectivity index (χ1) is 11.9. The third kappa shape index (κ3) is 3.41. The fraction of sp³-hybridized carbons (Fsp3) is 0.316. The molecule has 0 fully saturated rings. The Morgan fingerprint density at radius 2 is 1.80 bits per heavy atom. The molecule has 2 N–H and O–H groups in total. The molecule has 3 aromatic rings. The lowest BCUT2D eigenvalue weighted by atomic mass is 10.0. The highest BCUT2D eigenvalue weighted by Gasteiger charge is 2.22. The zero-order chi connectivity index (χ0) is 18.1. The summed E-state index contributed by atoms with van der Waals surface area (Å²) in [6.45, 7) is 3.75. The minimum Gasteiger partial charge on any atom is -0.387 e. The Balaban J connectivity index is 1.77. The number of hydrogen-bond donors (Lipinski definition) is 2. The van der Waals surface area contributed by atoms with Crippen LogP contribution < -0.4 is 5.32 Å². The molecule has 132 valence electrons. The van der Waals surface area contributed by atoms with Crippen LogP contribution in [0.4, 0.5) is 8.78 Å². The van der Waals surface area contributed by atoms with Crippen molar-refractivity contribution in [2.45, 2.75) is 32.0 Å². The average molecular weight is 345 g/mol. The third-order valence-electron chi connectivity index (χ3n) is 4.48. The van der Waals surface area contributed by atoms with Gasteiger partial charge in [-0.25, -0.2) is 13.8 Å². The van der Waals surface area contributed by atoms with Crippen LogP contribution in [0.5, 0.6) is 0 Å². The summed E-state index contributed by atoms with van der Waals surface area (Å²) in [7, 11) is 1.94. The van der Waals surface area contributed by atoms with Crippen molar-refractivity contribution in [3.05, 3.63) is 65.5 Å². The summed E-state index contributed by atoms with van der Waals surface area (Å²) in [5, 5.41) is 13.7. The Kier molecular flexibility index (Phi) is 4.83. The van der Waals surface area contributed by atoms with E-state index in [1.54, 1.807) is 6.92 Å². The number of imidazole rings is 1. The van der Waals surface area contributed by atoms with Crippen LogP contribution in [-0.2, 0) is 7.05 Å². The normalized spacial score (nSPS) is 15.3. The zero-order valence-electron chi connectivity index (χ0n) is 14.4. The maximum atomic E-state index is 13.4. The van der Waals surface area contributed by atoms with Crippen LogP contribution in [0.25, 0.3) is 11.0 Å². The second-order valence-corrected chi connectivity index (χ2v) is 6.31. The number of nitrogens with zero attached hydrogens (tertiary/aromatic N) is 2. The first kappa shape index (κ1) is 17.5. The van der Waals surface area contributed by atoms with Gasteiger partial charge in [-0.05, 0) is 43.7 Å². The summed E-state index contributed by atoms with van der Waals surface area (Å²) in [5.74, 6) is -1.05. The number of nitrogens with one attached hydrogen (secondary N) is 1. The van der Waals surface area contributed by atoms with Crippen LogP contribution in [0.1, 0.15) is 37.4 Å². The second-order valence-electron chi connectivity index (χ2n) is 6.31. The van der Waals surface area contributed by atoms with E-state index >= 15 is 0 Å². The van der Waals surface area contributed by atoms with E-state index < -0.39 is 17.7 Å². The van der Waals surface area contributed by atoms with Gasteiger partial charge in [-0.1, -0.05) is 18.2 Å². The van der Waals surface area contributed by atoms with Crippen molar-refractivity contribution >= 4 is 11.0 Å². The number of aliphatic hydroxyl groups is 1. The molecule has 0 radical (unpaired) electrons. The molecule has 2 aromatic carbocycles. The van der Waals surface area contributed by atoms with Gasteiger partial charge in [0.05, 0.1) is 23.2 Å². The molecule has 0 saturated carbocycles. The SMILES string of the molecule is CC(NC(C)C(O)c1ccc(F)c(F)c1)c1nc2ccccc2n1C. The largest absolute Gasteiger partial charge is 0.387 e. The van der Waals surface area contributed by atoms with Gasteiger partial charge in [-0.3, -0.25) is 0 Å². The van der Waals surface area contributed by atoms with E-state index in [0.717, 1.165) is 29.0 Å². The van der Waals surface area contributed by atoms with Crippen molar-refractivity contribution < 1.29 is 13.9 Å². The third-order valence-corrected chi connectivity index (χ3v) is 4.48. The number of aryl methyl sites for hydroxylation is 1. The zero-order valence-corrected chi connectivity index (χ0v) is 14.4. The van der Waals surface area contributed by atoms with Gasteiger partial charge in [0.15, 0.2) is 11.6 Å². The lowest BCUT2D eigenvalue weighted by Crippen LogP contribution is -2.35. The summed E-state index contributed by atoms with van der Waals surface area (Å²) in [4.78, 5) is 4.63. The fourth-order valence-electron chi connectivity index (χ4n) is 3.10. The average Bonchev–Trinajstić information content (AvgIpc) is 2.94. The number of rotatable bonds is 5. The van der Waals surface area contributed by atoms with Crippen LogP contribution in [0.2, 0.25) is 0 Å². The molecular formula is C19H21F2N3O. The van der Waals surface area contributed by atoms with E-state index in [-0.39, 0.29) is 12.1 Å². The highest BCUT2D eigenvalue weighted by Crippen LogP contribution is 2.23. The highest BCUT2D eigenvalue weighted by molar-refractivity contribution is 5.75. The van der Waals surface area contributed by atoms with Crippen LogP contribution in [0, 0.1) is 11.6 Å². The van der Waals surface area contributed by atoms with E-state index in [2.05, 4.69) is 10.3 Å². The van der Waals surface area contributed by atoms with E-state index in [1.807, 2.05) is 42.8 Å². The molecule has 0 aliphatic heterocycles. The minimum atomic E-state index is -0.966. The lowest BCUT2D eigenvalue weighted by molar-refractivity contribution is 0.129. The van der Waals surface area contributed by atoms with Gasteiger partial charge in [-0.2, -0.15) is 0 Å². The molecule has 0 amide bonds. The van der Waals surface area contributed by atoms with Gasteiger partial charge in [0, 0.05) is 13.1 Å². The van der Waals surface area contributed by atoms with E-state index in [4.69, 9.17) is 0 Å². The van der Waals surface area contributed by atoms with Crippen molar-refractivity contribution in [1.82, 2.24) is 14.9 Å². The molecule has 6 heteroatoms. The molecule has 0 aliphatic carbocycles. The first-order valence-electron chi connectivity index (χ1n) is 8.19. The van der Waals surface area contributed by atoms with Crippen molar-refractivity contribution in [3.8, 4) is 0 Å². The van der Waals surface area contributed by atoms with Crippen molar-refractivity contribution in [3.63, 3.8) is 0 Å². The summed E-state index contributed by atoms with van der Waals surface area (Å²) in [6.07, 6.45) is -0.966. The molecule has 0 spiro atoms. The second kappa shape index (κ2) is 6.90. The van der Waals surface area contributed by atoms with Gasteiger partial charge in [-0.15, -0.1) is 0 Å². The molecule has 1 heterocycles. The van der Waals surface area contributed by atoms with Crippen molar-refractivity contribution in [2.75, 3.05) is 0 Å². The highest BCUT2D eigenvalue weighted by atomic mass is 19.2. The predicted molar refractivity (Wildman–Crippen MR) is 93.0 cm³/mol. The maximum absolute atomic E-state index is 13.4. The quantitative estimate of drug-likeness (QED) is 0.742. The molecule has 3 unspecified atom stereocenters. The number of aromatic nitrogens is 2. The number of halogens is 2. The molecule has 0 bridgehead atoms. The molecular weight excluding hydrogens is 324 g/mol. The Labute approximate surface area is 145 Å². The van der Waals surface area contributed by atoms with Gasteiger partial charge in [0.25, 0.3) is 0 Å². The number of benzene rings is 2. The molecule has 1 aromatic heterocycles. The van der Waals surface area contributed by atoms with E-state index in [1.165, 1.54) is 6.07 Å². The summed E-state index contributed by atoms with van der Waals surface area (Å²) >= 11 is 0. The molecule has 0 aliphatic rings. The Morgan fingerprint density at radius 3 is 2.48 bits per heavy atom. The number of hydrogen-bond acceptors (Lipinski definition) is 3. The van der Waals surface area contributed by atoms with Crippen LogP contribution in [0.3, 0.4) is 0 Å². The lowest BCUT2D eigenvalue weighted by Gasteiger charge is -2.24. The molecule has 3 rings (SSSR count). The van der Waals surface area contributed by atoms with E-state index in [0.29, 0.717) is 5.56 Å². The topological polar surface area (TPSA) is 50.1 Å². The van der Waals surface area contributed by atoms with E-state index in [9.17, 15) is 13.9 Å². The maximum Gasteiger partial charge on any atom is 0.159 e.